The van der Waals surface area contributed by atoms with Crippen molar-refractivity contribution in [3.05, 3.63) is 95.8 Å². The van der Waals surface area contributed by atoms with E-state index in [4.69, 9.17) is 4.74 Å². The van der Waals surface area contributed by atoms with Crippen molar-refractivity contribution >= 4 is 21.6 Å². The number of sulfonamides is 1. The summed E-state index contributed by atoms with van der Waals surface area (Å²) in [6, 6.07) is 20.7. The number of benzene rings is 3. The Labute approximate surface area is 192 Å². The van der Waals surface area contributed by atoms with E-state index < -0.39 is 10.0 Å². The highest BCUT2D eigenvalue weighted by Gasteiger charge is 2.35. The largest absolute Gasteiger partial charge is 0.381 e. The van der Waals surface area contributed by atoms with Gasteiger partial charge in [0.05, 0.1) is 4.90 Å². The van der Waals surface area contributed by atoms with E-state index in [0.29, 0.717) is 31.0 Å². The molecule has 0 spiro atoms. The maximum absolute atomic E-state index is 13.4. The predicted molar refractivity (Wildman–Crippen MR) is 124 cm³/mol. The molecule has 1 saturated heterocycles. The normalized spacial score (nSPS) is 15.5. The van der Waals surface area contributed by atoms with Gasteiger partial charge in [0, 0.05) is 36.4 Å². The minimum Gasteiger partial charge on any atom is -0.381 e. The summed E-state index contributed by atoms with van der Waals surface area (Å²) >= 11 is 0. The Morgan fingerprint density at radius 3 is 2.18 bits per heavy atom. The van der Waals surface area contributed by atoms with Crippen molar-refractivity contribution in [2.24, 2.45) is 0 Å². The molecule has 0 aliphatic carbocycles. The van der Waals surface area contributed by atoms with Crippen LogP contribution in [0.1, 0.15) is 28.8 Å². The van der Waals surface area contributed by atoms with Gasteiger partial charge in [-0.15, -0.1) is 0 Å². The van der Waals surface area contributed by atoms with Gasteiger partial charge in [-0.3, -0.25) is 9.52 Å². The molecular weight excluding hydrogens is 443 g/mol. The monoisotopic (exact) mass is 468 g/mol. The van der Waals surface area contributed by atoms with Gasteiger partial charge in [0.2, 0.25) is 0 Å². The van der Waals surface area contributed by atoms with Crippen molar-refractivity contribution in [3.8, 4) is 0 Å². The van der Waals surface area contributed by atoms with Crippen LogP contribution in [0.5, 0.6) is 0 Å². The molecule has 3 aromatic carbocycles. The first-order valence-corrected chi connectivity index (χ1v) is 12.2. The Morgan fingerprint density at radius 2 is 1.55 bits per heavy atom. The number of ether oxygens (including phenoxy) is 1. The zero-order chi connectivity index (χ0) is 23.3. The van der Waals surface area contributed by atoms with E-state index in [1.165, 1.54) is 24.3 Å². The highest BCUT2D eigenvalue weighted by Crippen LogP contribution is 2.34. The van der Waals surface area contributed by atoms with Crippen molar-refractivity contribution in [3.63, 3.8) is 0 Å². The summed E-state index contributed by atoms with van der Waals surface area (Å²) in [5.74, 6) is -0.562. The molecule has 1 amide bonds. The lowest BCUT2D eigenvalue weighted by Gasteiger charge is -2.38. The first-order valence-electron chi connectivity index (χ1n) is 10.7. The fraction of sp³-hybridized carbons (Fsp3) is 0.240. The molecule has 3 aromatic rings. The van der Waals surface area contributed by atoms with E-state index in [2.05, 4.69) is 10.0 Å². The molecule has 0 aromatic heterocycles. The number of halogens is 1. The van der Waals surface area contributed by atoms with Gasteiger partial charge in [0.25, 0.3) is 15.9 Å². The average molecular weight is 469 g/mol. The van der Waals surface area contributed by atoms with Gasteiger partial charge in [-0.05, 0) is 66.9 Å². The fourth-order valence-corrected chi connectivity index (χ4v) is 5.07. The Hall–Kier alpha value is -3.23. The number of hydrogen-bond donors (Lipinski definition) is 2. The minimum atomic E-state index is -3.70. The molecule has 0 saturated carbocycles. The van der Waals surface area contributed by atoms with Crippen LogP contribution in [-0.4, -0.2) is 34.1 Å². The predicted octanol–water partition coefficient (Wildman–Crippen LogP) is 4.10. The van der Waals surface area contributed by atoms with Gasteiger partial charge < -0.3 is 10.1 Å². The van der Waals surface area contributed by atoms with E-state index in [-0.39, 0.29) is 22.0 Å². The lowest BCUT2D eigenvalue weighted by Crippen LogP contribution is -2.44. The molecule has 2 N–H and O–H groups in total. The van der Waals surface area contributed by atoms with Crippen molar-refractivity contribution in [1.29, 1.82) is 0 Å². The second-order valence-corrected chi connectivity index (χ2v) is 9.76. The van der Waals surface area contributed by atoms with E-state index in [1.807, 2.05) is 0 Å². The van der Waals surface area contributed by atoms with Crippen LogP contribution < -0.4 is 10.0 Å². The van der Waals surface area contributed by atoms with Crippen LogP contribution in [0.25, 0.3) is 0 Å². The lowest BCUT2D eigenvalue weighted by molar-refractivity contribution is 0.0487. The molecule has 1 aliphatic rings. The number of hydrogen-bond acceptors (Lipinski definition) is 4. The van der Waals surface area contributed by atoms with Gasteiger partial charge in [-0.1, -0.05) is 30.3 Å². The summed E-state index contributed by atoms with van der Waals surface area (Å²) in [6.45, 7) is 1.54. The van der Waals surface area contributed by atoms with E-state index in [1.54, 1.807) is 54.6 Å². The van der Waals surface area contributed by atoms with Crippen LogP contribution in [-0.2, 0) is 20.2 Å². The van der Waals surface area contributed by atoms with Gasteiger partial charge >= 0.3 is 0 Å². The van der Waals surface area contributed by atoms with Crippen LogP contribution in [0.3, 0.4) is 0 Å². The topological polar surface area (TPSA) is 84.5 Å². The summed E-state index contributed by atoms with van der Waals surface area (Å²) in [6.07, 6.45) is 1.44. The van der Waals surface area contributed by atoms with Crippen molar-refractivity contribution in [1.82, 2.24) is 5.32 Å². The third-order valence-electron chi connectivity index (χ3n) is 5.95. The fourth-order valence-electron chi connectivity index (χ4n) is 3.99. The Morgan fingerprint density at radius 1 is 0.909 bits per heavy atom. The third-order valence-corrected chi connectivity index (χ3v) is 7.34. The standard InChI is InChI=1S/C25H25FN2O4S/c26-21-10-8-20(9-11-21)25(14-16-32-17-15-25)18-27-24(29)19-6-12-22(13-7-19)28-33(30,31)23-4-2-1-3-5-23/h1-13,28H,14-18H2,(H,27,29). The highest BCUT2D eigenvalue weighted by molar-refractivity contribution is 7.92. The number of nitrogens with one attached hydrogen (secondary N) is 2. The molecule has 0 radical (unpaired) electrons. The summed E-state index contributed by atoms with van der Waals surface area (Å²) < 4.78 is 46.4. The van der Waals surface area contributed by atoms with Crippen LogP contribution in [0.15, 0.2) is 83.8 Å². The van der Waals surface area contributed by atoms with Crippen LogP contribution in [0.4, 0.5) is 10.1 Å². The summed E-state index contributed by atoms with van der Waals surface area (Å²) in [7, 11) is -3.70. The number of carbonyl (C=O) groups is 1. The van der Waals surface area contributed by atoms with E-state index >= 15 is 0 Å². The van der Waals surface area contributed by atoms with Crippen LogP contribution >= 0.6 is 0 Å². The summed E-state index contributed by atoms with van der Waals surface area (Å²) in [5.41, 5.74) is 1.42. The Bertz CT molecular complexity index is 1190. The molecule has 172 valence electrons. The smallest absolute Gasteiger partial charge is 0.261 e. The zero-order valence-electron chi connectivity index (χ0n) is 18.0. The Balaban J connectivity index is 1.43. The molecule has 1 fully saturated rings. The Kier molecular flexibility index (Phi) is 6.76. The SMILES string of the molecule is O=C(NCC1(c2ccc(F)cc2)CCOCC1)c1ccc(NS(=O)(=O)c2ccccc2)cc1. The molecule has 8 heteroatoms. The second kappa shape index (κ2) is 9.72. The number of amides is 1. The van der Waals surface area contributed by atoms with Gasteiger partial charge in [-0.25, -0.2) is 12.8 Å². The average Bonchev–Trinajstić information content (AvgIpc) is 2.84. The molecule has 4 rings (SSSR count). The first-order chi connectivity index (χ1) is 15.9. The highest BCUT2D eigenvalue weighted by atomic mass is 32.2. The van der Waals surface area contributed by atoms with Crippen molar-refractivity contribution < 1.29 is 22.3 Å². The van der Waals surface area contributed by atoms with E-state index in [0.717, 1.165) is 18.4 Å². The zero-order valence-corrected chi connectivity index (χ0v) is 18.8. The van der Waals surface area contributed by atoms with Crippen LogP contribution in [0.2, 0.25) is 0 Å². The van der Waals surface area contributed by atoms with Gasteiger partial charge in [-0.2, -0.15) is 0 Å². The minimum absolute atomic E-state index is 0.161. The maximum atomic E-state index is 13.4. The van der Waals surface area contributed by atoms with Gasteiger partial charge in [0.15, 0.2) is 0 Å². The van der Waals surface area contributed by atoms with Gasteiger partial charge in [0.1, 0.15) is 5.82 Å². The number of anilines is 1. The second-order valence-electron chi connectivity index (χ2n) is 8.08. The molecule has 1 heterocycles. The molecule has 0 bridgehead atoms. The first kappa shape index (κ1) is 22.9. The summed E-state index contributed by atoms with van der Waals surface area (Å²) in [4.78, 5) is 13.0. The third kappa shape index (κ3) is 5.40. The molecule has 1 aliphatic heterocycles. The summed E-state index contributed by atoms with van der Waals surface area (Å²) in [5, 5.41) is 2.99. The van der Waals surface area contributed by atoms with E-state index in [9.17, 15) is 17.6 Å². The van der Waals surface area contributed by atoms with Crippen LogP contribution in [0, 0.1) is 5.82 Å². The lowest BCUT2D eigenvalue weighted by atomic mass is 9.74. The molecule has 0 unspecified atom stereocenters. The molecule has 33 heavy (non-hydrogen) atoms. The number of rotatable bonds is 7. The van der Waals surface area contributed by atoms with Crippen molar-refractivity contribution in [2.75, 3.05) is 24.5 Å². The number of carbonyl (C=O) groups excluding carboxylic acids is 1. The quantitative estimate of drug-likeness (QED) is 0.547. The molecule has 0 atom stereocenters. The molecular formula is C25H25FN2O4S. The molecule has 6 nitrogen and oxygen atoms in total. The maximum Gasteiger partial charge on any atom is 0.261 e. The van der Waals surface area contributed by atoms with Crippen molar-refractivity contribution in [2.45, 2.75) is 23.2 Å².